The van der Waals surface area contributed by atoms with Crippen LogP contribution >= 0.6 is 0 Å². The largest absolute Gasteiger partial charge is 0.467 e. The lowest BCUT2D eigenvalue weighted by atomic mass is 9.98. The van der Waals surface area contributed by atoms with Crippen molar-refractivity contribution in [3.63, 3.8) is 0 Å². The van der Waals surface area contributed by atoms with Gasteiger partial charge in [-0.05, 0) is 23.8 Å². The summed E-state index contributed by atoms with van der Waals surface area (Å²) in [5.74, 6) is -1.45. The van der Waals surface area contributed by atoms with Gasteiger partial charge >= 0.3 is 12.1 Å². The second-order valence-electron chi connectivity index (χ2n) is 7.43. The molecule has 33 heavy (non-hydrogen) atoms. The molecule has 0 aliphatic carbocycles. The summed E-state index contributed by atoms with van der Waals surface area (Å²) in [4.78, 5) is 30.4. The van der Waals surface area contributed by atoms with Crippen LogP contribution in [0.5, 0.6) is 0 Å². The van der Waals surface area contributed by atoms with Crippen LogP contribution in [0.25, 0.3) is 21.8 Å². The van der Waals surface area contributed by atoms with Gasteiger partial charge in [-0.3, -0.25) is 4.79 Å². The summed E-state index contributed by atoms with van der Waals surface area (Å²) in [7, 11) is 1.12. The van der Waals surface area contributed by atoms with E-state index in [9.17, 15) is 22.8 Å². The molecule has 1 amide bonds. The van der Waals surface area contributed by atoms with Crippen LogP contribution in [-0.4, -0.2) is 30.0 Å². The van der Waals surface area contributed by atoms with Crippen LogP contribution in [-0.2, 0) is 22.1 Å². The smallest absolute Gasteiger partial charge is 0.416 e. The molecule has 4 rings (SSSR count). The normalized spacial score (nSPS) is 12.5. The van der Waals surface area contributed by atoms with Gasteiger partial charge in [0.15, 0.2) is 0 Å². The summed E-state index contributed by atoms with van der Waals surface area (Å²) in [6.45, 7) is 0. The highest BCUT2D eigenvalue weighted by Gasteiger charge is 2.35. The molecule has 1 aromatic heterocycles. The number of pyridine rings is 1. The molecule has 8 heteroatoms. The molecule has 1 atom stereocenters. The van der Waals surface area contributed by atoms with Crippen LogP contribution in [0.4, 0.5) is 13.2 Å². The molecule has 1 N–H and O–H groups in total. The van der Waals surface area contributed by atoms with Crippen LogP contribution in [0.15, 0.2) is 72.8 Å². The van der Waals surface area contributed by atoms with Gasteiger partial charge in [0.05, 0.1) is 29.3 Å². The molecular formula is C25H19F3N2O3. The number of hydrogen-bond donors (Lipinski definition) is 1. The molecule has 0 radical (unpaired) electrons. The Morgan fingerprint density at radius 1 is 0.909 bits per heavy atom. The first-order valence-electron chi connectivity index (χ1n) is 10.1. The predicted molar refractivity (Wildman–Crippen MR) is 118 cm³/mol. The maximum Gasteiger partial charge on any atom is 0.416 e. The first kappa shape index (κ1) is 22.3. The molecule has 0 spiro atoms. The molecule has 5 nitrogen and oxygen atoms in total. The first-order chi connectivity index (χ1) is 15.8. The number of amides is 1. The van der Waals surface area contributed by atoms with E-state index in [-0.39, 0.29) is 17.5 Å². The number of para-hydroxylation sites is 2. The second-order valence-corrected chi connectivity index (χ2v) is 7.43. The van der Waals surface area contributed by atoms with Crippen LogP contribution in [0.1, 0.15) is 21.5 Å². The minimum Gasteiger partial charge on any atom is -0.467 e. The van der Waals surface area contributed by atoms with E-state index in [1.165, 1.54) is 18.2 Å². The number of hydrogen-bond acceptors (Lipinski definition) is 4. The predicted octanol–water partition coefficient (Wildman–Crippen LogP) is 4.92. The molecule has 168 valence electrons. The standard InChI is InChI=1S/C25H19F3N2O3/c1-33-24(32)21(14-15-8-2-5-11-18(15)25(26,27)28)30-23(31)22-16-9-3-6-12-19(16)29-20-13-7-4-10-17(20)22/h2-13,21H,14H2,1H3,(H,30,31)/t21-/m1/s1. The lowest BCUT2D eigenvalue weighted by Crippen LogP contribution is -2.43. The number of nitrogens with one attached hydrogen (secondary N) is 1. The fraction of sp³-hybridized carbons (Fsp3) is 0.160. The Hall–Kier alpha value is -3.94. The van der Waals surface area contributed by atoms with Crippen molar-refractivity contribution in [3.05, 3.63) is 89.5 Å². The average Bonchev–Trinajstić information content (AvgIpc) is 2.81. The van der Waals surface area contributed by atoms with E-state index in [4.69, 9.17) is 4.74 Å². The number of esters is 1. The average molecular weight is 452 g/mol. The van der Waals surface area contributed by atoms with Crippen LogP contribution in [0.3, 0.4) is 0 Å². The van der Waals surface area contributed by atoms with E-state index in [1.807, 2.05) is 0 Å². The molecule has 1 heterocycles. The fourth-order valence-electron chi connectivity index (χ4n) is 3.85. The van der Waals surface area contributed by atoms with Crippen molar-refractivity contribution in [1.29, 1.82) is 0 Å². The van der Waals surface area contributed by atoms with Gasteiger partial charge in [0, 0.05) is 17.2 Å². The molecule has 0 saturated heterocycles. The van der Waals surface area contributed by atoms with Gasteiger partial charge in [-0.15, -0.1) is 0 Å². The molecule has 0 unspecified atom stereocenters. The fourth-order valence-corrected chi connectivity index (χ4v) is 3.85. The number of fused-ring (bicyclic) bond motifs is 2. The van der Waals surface area contributed by atoms with Crippen LogP contribution < -0.4 is 5.32 Å². The minimum absolute atomic E-state index is 0.120. The Labute approximate surface area is 187 Å². The molecule has 3 aromatic carbocycles. The first-order valence-corrected chi connectivity index (χ1v) is 10.1. The van der Waals surface area contributed by atoms with E-state index >= 15 is 0 Å². The summed E-state index contributed by atoms with van der Waals surface area (Å²) in [6, 6.07) is 17.7. The number of carbonyl (C=O) groups excluding carboxylic acids is 2. The van der Waals surface area contributed by atoms with E-state index in [2.05, 4.69) is 10.3 Å². The zero-order chi connectivity index (χ0) is 23.6. The summed E-state index contributed by atoms with van der Waals surface area (Å²) < 4.78 is 45.1. The minimum atomic E-state index is -4.60. The highest BCUT2D eigenvalue weighted by Crippen LogP contribution is 2.32. The van der Waals surface area contributed by atoms with E-state index in [0.717, 1.165) is 13.2 Å². The molecule has 4 aromatic rings. The number of benzene rings is 3. The van der Waals surface area contributed by atoms with Gasteiger partial charge in [0.2, 0.25) is 0 Å². The van der Waals surface area contributed by atoms with E-state index in [0.29, 0.717) is 21.8 Å². The Balaban J connectivity index is 1.76. The second kappa shape index (κ2) is 8.90. The highest BCUT2D eigenvalue weighted by molar-refractivity contribution is 6.16. The lowest BCUT2D eigenvalue weighted by Gasteiger charge is -2.20. The highest BCUT2D eigenvalue weighted by atomic mass is 19.4. The van der Waals surface area contributed by atoms with Crippen molar-refractivity contribution >= 4 is 33.7 Å². The number of nitrogens with zero attached hydrogens (tertiary/aromatic N) is 1. The van der Waals surface area contributed by atoms with Gasteiger partial charge in [-0.25, -0.2) is 9.78 Å². The summed E-state index contributed by atoms with van der Waals surface area (Å²) >= 11 is 0. The SMILES string of the molecule is COC(=O)[C@@H](Cc1ccccc1C(F)(F)F)NC(=O)c1c2ccccc2nc2ccccc12. The molecule has 0 aliphatic rings. The topological polar surface area (TPSA) is 68.3 Å². The van der Waals surface area contributed by atoms with Gasteiger partial charge in [-0.2, -0.15) is 13.2 Å². The Morgan fingerprint density at radius 2 is 1.45 bits per heavy atom. The van der Waals surface area contributed by atoms with Crippen molar-refractivity contribution in [2.45, 2.75) is 18.6 Å². The third kappa shape index (κ3) is 4.50. The van der Waals surface area contributed by atoms with Crippen molar-refractivity contribution in [1.82, 2.24) is 10.3 Å². The molecular weight excluding hydrogens is 433 g/mol. The monoisotopic (exact) mass is 452 g/mol. The Bertz CT molecular complexity index is 1300. The molecule has 0 bridgehead atoms. The molecule has 0 aliphatic heterocycles. The van der Waals surface area contributed by atoms with Crippen molar-refractivity contribution < 1.29 is 27.5 Å². The van der Waals surface area contributed by atoms with Crippen molar-refractivity contribution in [3.8, 4) is 0 Å². The van der Waals surface area contributed by atoms with Crippen LogP contribution in [0.2, 0.25) is 0 Å². The summed E-state index contributed by atoms with van der Waals surface area (Å²) in [5, 5.41) is 3.71. The third-order valence-corrected chi connectivity index (χ3v) is 5.35. The number of halogens is 3. The number of alkyl halides is 3. The van der Waals surface area contributed by atoms with Crippen molar-refractivity contribution in [2.24, 2.45) is 0 Å². The Kier molecular flexibility index (Phi) is 6.00. The van der Waals surface area contributed by atoms with E-state index in [1.54, 1.807) is 48.5 Å². The van der Waals surface area contributed by atoms with Gasteiger partial charge < -0.3 is 10.1 Å². The molecule has 0 fully saturated rings. The number of aromatic nitrogens is 1. The lowest BCUT2D eigenvalue weighted by molar-refractivity contribution is -0.144. The zero-order valence-corrected chi connectivity index (χ0v) is 17.5. The van der Waals surface area contributed by atoms with Gasteiger partial charge in [0.25, 0.3) is 5.91 Å². The van der Waals surface area contributed by atoms with Gasteiger partial charge in [0.1, 0.15) is 6.04 Å². The maximum absolute atomic E-state index is 13.4. The van der Waals surface area contributed by atoms with Crippen LogP contribution in [0, 0.1) is 0 Å². The summed E-state index contributed by atoms with van der Waals surface area (Å²) in [5.41, 5.74) is 0.462. The van der Waals surface area contributed by atoms with Crippen molar-refractivity contribution in [2.75, 3.05) is 7.11 Å². The number of rotatable bonds is 5. The zero-order valence-electron chi connectivity index (χ0n) is 17.5. The maximum atomic E-state index is 13.4. The third-order valence-electron chi connectivity index (χ3n) is 5.35. The number of methoxy groups -OCH3 is 1. The Morgan fingerprint density at radius 3 is 2.03 bits per heavy atom. The summed E-state index contributed by atoms with van der Waals surface area (Å²) in [6.07, 6.45) is -4.98. The van der Waals surface area contributed by atoms with Gasteiger partial charge in [-0.1, -0.05) is 54.6 Å². The van der Waals surface area contributed by atoms with E-state index < -0.39 is 29.7 Å². The number of ether oxygens (including phenoxy) is 1. The molecule has 0 saturated carbocycles. The quantitative estimate of drug-likeness (QED) is 0.345. The number of carbonyl (C=O) groups is 2.